The number of nitrogens with zero attached hydrogens (tertiary/aromatic N) is 4. The van der Waals surface area contributed by atoms with Gasteiger partial charge in [-0.15, -0.1) is 10.2 Å². The monoisotopic (exact) mass is 258 g/mol. The molecule has 2 aromatic rings. The van der Waals surface area contributed by atoms with Crippen LogP contribution in [0.15, 0.2) is 18.5 Å². The Morgan fingerprint density at radius 2 is 2.37 bits per heavy atom. The van der Waals surface area contributed by atoms with Crippen LogP contribution in [0.3, 0.4) is 0 Å². The smallest absolute Gasteiger partial charge is 0.253 e. The number of rotatable bonds is 3. The van der Waals surface area contributed by atoms with Crippen molar-refractivity contribution in [3.8, 4) is 11.8 Å². The maximum Gasteiger partial charge on any atom is 0.253 e. The fourth-order valence-corrected chi connectivity index (χ4v) is 1.29. The number of H-pyrrole nitrogens is 1. The molecule has 2 aromatic heterocycles. The Labute approximate surface area is 108 Å². The van der Waals surface area contributed by atoms with Crippen LogP contribution >= 0.6 is 0 Å². The van der Waals surface area contributed by atoms with Gasteiger partial charge in [0.15, 0.2) is 5.82 Å². The minimum absolute atomic E-state index is 0.169. The van der Waals surface area contributed by atoms with Crippen molar-refractivity contribution in [3.63, 3.8) is 0 Å². The van der Waals surface area contributed by atoms with E-state index >= 15 is 0 Å². The molecule has 2 heterocycles. The number of aliphatic hydroxyl groups excluding tert-OH is 1. The molecule has 8 heteroatoms. The molecule has 0 atom stereocenters. The Balaban J connectivity index is 2.02. The van der Waals surface area contributed by atoms with Crippen molar-refractivity contribution in [2.24, 2.45) is 0 Å². The summed E-state index contributed by atoms with van der Waals surface area (Å²) < 4.78 is 0. The highest BCUT2D eigenvalue weighted by atomic mass is 16.2. The third-order valence-corrected chi connectivity index (χ3v) is 2.11. The zero-order chi connectivity index (χ0) is 13.5. The number of aromatic nitrogens is 5. The van der Waals surface area contributed by atoms with E-state index < -0.39 is 0 Å². The molecule has 0 aromatic carbocycles. The molecule has 0 saturated carbocycles. The summed E-state index contributed by atoms with van der Waals surface area (Å²) >= 11 is 0. The molecule has 8 nitrogen and oxygen atoms in total. The lowest BCUT2D eigenvalue weighted by Gasteiger charge is -2.02. The van der Waals surface area contributed by atoms with Crippen LogP contribution < -0.4 is 5.32 Å². The number of hydrogen-bond donors (Lipinski definition) is 3. The highest BCUT2D eigenvalue weighted by molar-refractivity contribution is 5.94. The van der Waals surface area contributed by atoms with Crippen LogP contribution in [-0.4, -0.2) is 43.2 Å². The van der Waals surface area contributed by atoms with Gasteiger partial charge in [0.2, 0.25) is 0 Å². The van der Waals surface area contributed by atoms with Gasteiger partial charge in [-0.2, -0.15) is 5.21 Å². The van der Waals surface area contributed by atoms with Crippen LogP contribution in [-0.2, 0) is 6.54 Å². The Morgan fingerprint density at radius 1 is 1.47 bits per heavy atom. The van der Waals surface area contributed by atoms with Crippen LogP contribution in [0.25, 0.3) is 0 Å². The molecule has 0 bridgehead atoms. The van der Waals surface area contributed by atoms with Crippen LogP contribution in [0.2, 0.25) is 0 Å². The van der Waals surface area contributed by atoms with Crippen molar-refractivity contribution in [2.45, 2.75) is 6.54 Å². The molecule has 0 fully saturated rings. The maximum atomic E-state index is 11.8. The van der Waals surface area contributed by atoms with E-state index in [-0.39, 0.29) is 19.1 Å². The summed E-state index contributed by atoms with van der Waals surface area (Å²) in [5.41, 5.74) is 0.925. The van der Waals surface area contributed by atoms with Gasteiger partial charge in [-0.25, -0.2) is 0 Å². The van der Waals surface area contributed by atoms with Crippen LogP contribution in [0.5, 0.6) is 0 Å². The van der Waals surface area contributed by atoms with E-state index in [4.69, 9.17) is 5.11 Å². The van der Waals surface area contributed by atoms with Crippen LogP contribution in [0, 0.1) is 11.8 Å². The van der Waals surface area contributed by atoms with Crippen LogP contribution in [0.4, 0.5) is 0 Å². The van der Waals surface area contributed by atoms with Crippen molar-refractivity contribution < 1.29 is 9.90 Å². The molecule has 1 amide bonds. The fourth-order valence-electron chi connectivity index (χ4n) is 1.29. The Bertz CT molecular complexity index is 614. The number of hydrogen-bond acceptors (Lipinski definition) is 6. The molecule has 2 rings (SSSR count). The number of pyridine rings is 1. The van der Waals surface area contributed by atoms with E-state index in [0.717, 1.165) is 0 Å². The van der Waals surface area contributed by atoms with Crippen molar-refractivity contribution >= 4 is 5.91 Å². The standard InChI is InChI=1S/C11H10N6O2/c18-3-1-2-8-4-9(6-12-5-8)11(19)13-7-10-14-16-17-15-10/h4-6,18H,3,7H2,(H,13,19)(H,14,15,16,17). The number of carbonyl (C=O) groups excluding carboxylic acids is 1. The summed E-state index contributed by atoms with van der Waals surface area (Å²) in [6, 6.07) is 1.58. The second-order valence-electron chi connectivity index (χ2n) is 3.43. The molecule has 0 spiro atoms. The minimum Gasteiger partial charge on any atom is -0.384 e. The van der Waals surface area contributed by atoms with E-state index in [1.165, 1.54) is 12.4 Å². The van der Waals surface area contributed by atoms with Gasteiger partial charge in [0, 0.05) is 18.0 Å². The van der Waals surface area contributed by atoms with E-state index in [1.807, 2.05) is 0 Å². The normalized spacial score (nSPS) is 9.53. The number of carbonyl (C=O) groups is 1. The highest BCUT2D eigenvalue weighted by Crippen LogP contribution is 2.01. The molecule has 0 unspecified atom stereocenters. The first-order chi connectivity index (χ1) is 9.29. The lowest BCUT2D eigenvalue weighted by molar-refractivity contribution is 0.0949. The molecule has 0 saturated heterocycles. The summed E-state index contributed by atoms with van der Waals surface area (Å²) in [6.07, 6.45) is 2.94. The van der Waals surface area contributed by atoms with Gasteiger partial charge in [0.05, 0.1) is 12.1 Å². The molecular weight excluding hydrogens is 248 g/mol. The largest absolute Gasteiger partial charge is 0.384 e. The topological polar surface area (TPSA) is 117 Å². The third kappa shape index (κ3) is 3.58. The Hall–Kier alpha value is -2.79. The molecular formula is C11H10N6O2. The molecule has 96 valence electrons. The van der Waals surface area contributed by atoms with Gasteiger partial charge in [0.1, 0.15) is 6.61 Å². The number of aliphatic hydroxyl groups is 1. The van der Waals surface area contributed by atoms with Crippen LogP contribution in [0.1, 0.15) is 21.7 Å². The maximum absolute atomic E-state index is 11.8. The van der Waals surface area contributed by atoms with E-state index in [1.54, 1.807) is 6.07 Å². The first kappa shape index (κ1) is 12.7. The second-order valence-corrected chi connectivity index (χ2v) is 3.43. The lowest BCUT2D eigenvalue weighted by atomic mass is 10.2. The van der Waals surface area contributed by atoms with Gasteiger partial charge >= 0.3 is 0 Å². The molecule has 0 aliphatic rings. The predicted molar refractivity (Wildman–Crippen MR) is 63.5 cm³/mol. The summed E-state index contributed by atoms with van der Waals surface area (Å²) in [7, 11) is 0. The molecule has 0 aliphatic carbocycles. The van der Waals surface area contributed by atoms with Crippen molar-refractivity contribution in [2.75, 3.05) is 6.61 Å². The SMILES string of the molecule is O=C(NCc1nn[nH]n1)c1cncc(C#CCO)c1. The summed E-state index contributed by atoms with van der Waals surface area (Å²) in [5, 5.41) is 24.3. The molecule has 3 N–H and O–H groups in total. The highest BCUT2D eigenvalue weighted by Gasteiger charge is 2.07. The van der Waals surface area contributed by atoms with E-state index in [2.05, 4.69) is 42.8 Å². The Morgan fingerprint density at radius 3 is 3.11 bits per heavy atom. The number of tetrazole rings is 1. The predicted octanol–water partition coefficient (Wildman–Crippen LogP) is -1.13. The van der Waals surface area contributed by atoms with Crippen molar-refractivity contribution in [1.29, 1.82) is 0 Å². The second kappa shape index (κ2) is 6.23. The summed E-state index contributed by atoms with van der Waals surface area (Å²) in [6.45, 7) is -0.0733. The van der Waals surface area contributed by atoms with Gasteiger partial charge in [0.25, 0.3) is 5.91 Å². The zero-order valence-electron chi connectivity index (χ0n) is 9.79. The first-order valence-electron chi connectivity index (χ1n) is 5.35. The average Bonchev–Trinajstić information content (AvgIpc) is 2.96. The minimum atomic E-state index is -0.315. The van der Waals surface area contributed by atoms with E-state index in [9.17, 15) is 4.79 Å². The van der Waals surface area contributed by atoms with Crippen molar-refractivity contribution in [3.05, 3.63) is 35.4 Å². The molecule has 0 aliphatic heterocycles. The van der Waals surface area contributed by atoms with Crippen molar-refractivity contribution in [1.82, 2.24) is 30.9 Å². The summed E-state index contributed by atoms with van der Waals surface area (Å²) in [4.78, 5) is 15.7. The van der Waals surface area contributed by atoms with Gasteiger partial charge in [-0.1, -0.05) is 17.1 Å². The molecule has 0 radical (unpaired) electrons. The van der Waals surface area contributed by atoms with Gasteiger partial charge in [-0.3, -0.25) is 9.78 Å². The Kier molecular flexibility index (Phi) is 4.15. The fraction of sp³-hybridized carbons (Fsp3) is 0.182. The number of aromatic amines is 1. The number of amides is 1. The quantitative estimate of drug-likeness (QED) is 0.600. The first-order valence-corrected chi connectivity index (χ1v) is 5.35. The average molecular weight is 258 g/mol. The van der Waals surface area contributed by atoms with Gasteiger partial charge in [-0.05, 0) is 6.07 Å². The van der Waals surface area contributed by atoms with E-state index in [0.29, 0.717) is 17.0 Å². The van der Waals surface area contributed by atoms with Gasteiger partial charge < -0.3 is 10.4 Å². The lowest BCUT2D eigenvalue weighted by Crippen LogP contribution is -2.23. The molecule has 19 heavy (non-hydrogen) atoms. The third-order valence-electron chi connectivity index (χ3n) is 2.11. The number of nitrogens with one attached hydrogen (secondary N) is 2. The summed E-state index contributed by atoms with van der Waals surface area (Å²) in [5.74, 6) is 5.24. The zero-order valence-corrected chi connectivity index (χ0v) is 9.79.